The number of rotatable bonds is 6. The van der Waals surface area contributed by atoms with Crippen LogP contribution in [0, 0.1) is 25.7 Å². The second-order valence-electron chi connectivity index (χ2n) is 12.6. The topological polar surface area (TPSA) is 96.4 Å². The third kappa shape index (κ3) is 4.79. The molecule has 2 fully saturated rings. The highest BCUT2D eigenvalue weighted by Crippen LogP contribution is 2.58. The molecule has 0 bridgehead atoms. The number of hydrogen-bond donors (Lipinski definition) is 1. The van der Waals surface area contributed by atoms with E-state index in [1.807, 2.05) is 93.6 Å². The summed E-state index contributed by atoms with van der Waals surface area (Å²) in [6, 6.07) is 13.7. The highest BCUT2D eigenvalue weighted by Gasteiger charge is 2.76. The zero-order valence-corrected chi connectivity index (χ0v) is 25.8. The molecule has 2 aromatic carbocycles. The summed E-state index contributed by atoms with van der Waals surface area (Å²) in [5.74, 6) is -3.07. The normalized spacial score (nSPS) is 31.5. The minimum Gasteiger partial charge on any atom is -0.465 e. The molecule has 44 heavy (non-hydrogen) atoms. The summed E-state index contributed by atoms with van der Waals surface area (Å²) in [4.78, 5) is 47.1. The van der Waals surface area contributed by atoms with Crippen molar-refractivity contribution in [2.45, 2.75) is 76.2 Å². The van der Waals surface area contributed by atoms with Gasteiger partial charge < -0.3 is 24.4 Å². The first-order valence-corrected chi connectivity index (χ1v) is 15.8. The van der Waals surface area contributed by atoms with Gasteiger partial charge in [-0.3, -0.25) is 14.4 Å². The van der Waals surface area contributed by atoms with Gasteiger partial charge in [0.15, 0.2) is 0 Å². The average molecular weight is 599 g/mol. The molecule has 0 aliphatic carbocycles. The molecular weight excluding hydrogens is 556 g/mol. The number of para-hydroxylation sites is 1. The summed E-state index contributed by atoms with van der Waals surface area (Å²) in [7, 11) is 0. The highest BCUT2D eigenvalue weighted by atomic mass is 16.6. The fraction of sp³-hybridized carbons (Fsp3) is 0.472. The van der Waals surface area contributed by atoms with Crippen LogP contribution in [0.4, 0.5) is 5.69 Å². The van der Waals surface area contributed by atoms with Crippen molar-refractivity contribution in [3.8, 4) is 0 Å². The number of hydrogen-bond acceptors (Lipinski definition) is 6. The van der Waals surface area contributed by atoms with E-state index in [2.05, 4.69) is 0 Å². The van der Waals surface area contributed by atoms with Gasteiger partial charge in [-0.2, -0.15) is 0 Å². The van der Waals surface area contributed by atoms with Gasteiger partial charge in [-0.05, 0) is 62.6 Å². The van der Waals surface area contributed by atoms with Crippen LogP contribution < -0.4 is 4.90 Å². The van der Waals surface area contributed by atoms with Crippen molar-refractivity contribution in [2.24, 2.45) is 11.8 Å². The number of aliphatic hydroxyl groups excluding tert-OH is 1. The van der Waals surface area contributed by atoms with Crippen molar-refractivity contribution in [3.05, 3.63) is 89.5 Å². The van der Waals surface area contributed by atoms with Gasteiger partial charge in [0, 0.05) is 12.2 Å². The van der Waals surface area contributed by atoms with Crippen LogP contribution in [0.5, 0.6) is 0 Å². The van der Waals surface area contributed by atoms with Crippen molar-refractivity contribution in [3.63, 3.8) is 0 Å². The lowest BCUT2D eigenvalue weighted by Crippen LogP contribution is -2.59. The summed E-state index contributed by atoms with van der Waals surface area (Å²) in [5, 5.41) is 10.8. The van der Waals surface area contributed by atoms with E-state index >= 15 is 4.79 Å². The second kappa shape index (κ2) is 12.0. The lowest BCUT2D eigenvalue weighted by molar-refractivity contribution is -0.161. The van der Waals surface area contributed by atoms with Crippen molar-refractivity contribution in [1.29, 1.82) is 0 Å². The molecule has 1 unspecified atom stereocenters. The van der Waals surface area contributed by atoms with Crippen LogP contribution in [0.15, 0.2) is 72.8 Å². The van der Waals surface area contributed by atoms with Crippen LogP contribution in [0.3, 0.4) is 0 Å². The van der Waals surface area contributed by atoms with Crippen molar-refractivity contribution < 1.29 is 29.0 Å². The average Bonchev–Trinajstić information content (AvgIpc) is 3.38. The van der Waals surface area contributed by atoms with Gasteiger partial charge in [0.05, 0.1) is 25.2 Å². The zero-order valence-electron chi connectivity index (χ0n) is 25.8. The Morgan fingerprint density at radius 3 is 2.39 bits per heavy atom. The maximum absolute atomic E-state index is 15.0. The molecule has 232 valence electrons. The quantitative estimate of drug-likeness (QED) is 0.390. The number of anilines is 1. The minimum atomic E-state index is -1.43. The largest absolute Gasteiger partial charge is 0.465 e. The number of likely N-dealkylation sites (tertiary alicyclic amines) is 1. The Balaban J connectivity index is 1.54. The molecule has 2 amide bonds. The van der Waals surface area contributed by atoms with Crippen LogP contribution in [-0.2, 0) is 30.3 Å². The maximum atomic E-state index is 15.0. The highest BCUT2D eigenvalue weighted by molar-refractivity contribution is 6.06. The van der Waals surface area contributed by atoms with Crippen LogP contribution in [0.25, 0.3) is 0 Å². The Bertz CT molecular complexity index is 1470. The Morgan fingerprint density at radius 2 is 1.68 bits per heavy atom. The summed E-state index contributed by atoms with van der Waals surface area (Å²) < 4.78 is 12.9. The monoisotopic (exact) mass is 598 g/mol. The molecule has 0 radical (unpaired) electrons. The smallest absolute Gasteiger partial charge is 0.313 e. The Kier molecular flexibility index (Phi) is 8.24. The molecule has 1 spiro atoms. The SMILES string of the molecule is CC[C@]12/C=C\CCCCOC(=O)[C@H]1[C@H]1C(=O)N([C@@H](CO)Cc3ccccc3)C3C(=O)N(c4c(C)cccc4C)CC=C[C@@]31O2. The third-order valence-electron chi connectivity index (χ3n) is 9.95. The van der Waals surface area contributed by atoms with Crippen LogP contribution in [-0.4, -0.2) is 70.8 Å². The van der Waals surface area contributed by atoms with Gasteiger partial charge in [0.25, 0.3) is 5.91 Å². The fourth-order valence-corrected chi connectivity index (χ4v) is 7.94. The Morgan fingerprint density at radius 1 is 0.932 bits per heavy atom. The summed E-state index contributed by atoms with van der Waals surface area (Å²) in [6.07, 6.45) is 10.9. The third-order valence-corrected chi connectivity index (χ3v) is 9.95. The van der Waals surface area contributed by atoms with Gasteiger partial charge in [-0.1, -0.05) is 79.8 Å². The molecule has 0 saturated carbocycles. The zero-order chi connectivity index (χ0) is 31.1. The molecule has 6 rings (SSSR count). The van der Waals surface area contributed by atoms with Crippen LogP contribution in [0.2, 0.25) is 0 Å². The standard InChI is InChI=1S/C36H42N2O6/c1-4-35-18-10-5-6-11-21-43-34(42)29(35)28-32(40)38(27(23-39)22-26-16-8-7-9-17-26)31-33(41)37(20-13-19-36(28,31)44-35)30-24(2)14-12-15-25(30)3/h7-10,12-19,27-29,31,39H,4-6,11,20-23H2,1-3H3/b18-10-/t27-,28+,29-,31?,35+,36+/m1/s1. The summed E-state index contributed by atoms with van der Waals surface area (Å²) >= 11 is 0. The van der Waals surface area contributed by atoms with Gasteiger partial charge in [-0.25, -0.2) is 0 Å². The molecular formula is C36H42N2O6. The van der Waals surface area contributed by atoms with Crippen molar-refractivity contribution >= 4 is 23.5 Å². The predicted molar refractivity (Wildman–Crippen MR) is 167 cm³/mol. The van der Waals surface area contributed by atoms with Crippen LogP contribution in [0.1, 0.15) is 49.3 Å². The molecule has 4 aliphatic heterocycles. The molecule has 0 aromatic heterocycles. The number of amides is 2. The molecule has 4 aliphatic rings. The molecule has 8 nitrogen and oxygen atoms in total. The van der Waals surface area contributed by atoms with E-state index in [9.17, 15) is 14.7 Å². The number of fused-ring (bicyclic) bond motifs is 2. The number of aliphatic hydroxyl groups is 1. The first-order chi connectivity index (χ1) is 21.3. The number of ether oxygens (including phenoxy) is 2. The van der Waals surface area contributed by atoms with E-state index < -0.39 is 41.1 Å². The van der Waals surface area contributed by atoms with Gasteiger partial charge in [0.2, 0.25) is 5.91 Å². The molecule has 2 aromatic rings. The van der Waals surface area contributed by atoms with Crippen molar-refractivity contribution in [1.82, 2.24) is 4.90 Å². The van der Waals surface area contributed by atoms with E-state index in [0.29, 0.717) is 12.8 Å². The van der Waals surface area contributed by atoms with E-state index in [1.165, 1.54) is 4.90 Å². The van der Waals surface area contributed by atoms with Gasteiger partial charge in [-0.15, -0.1) is 0 Å². The van der Waals surface area contributed by atoms with E-state index in [1.54, 1.807) is 4.90 Å². The number of benzene rings is 2. The van der Waals surface area contributed by atoms with E-state index in [-0.39, 0.29) is 31.6 Å². The first kappa shape index (κ1) is 30.3. The maximum Gasteiger partial charge on any atom is 0.313 e. The molecule has 2 saturated heterocycles. The van der Waals surface area contributed by atoms with Crippen LogP contribution >= 0.6 is 0 Å². The molecule has 4 heterocycles. The van der Waals surface area contributed by atoms with Crippen molar-refractivity contribution in [2.75, 3.05) is 24.7 Å². The fourth-order valence-electron chi connectivity index (χ4n) is 7.94. The molecule has 1 N–H and O–H groups in total. The molecule has 6 atom stereocenters. The number of allylic oxidation sites excluding steroid dienone is 1. The number of nitrogens with zero attached hydrogens (tertiary/aromatic N) is 2. The first-order valence-electron chi connectivity index (χ1n) is 15.8. The number of carbonyl (C=O) groups is 3. The molecule has 8 heteroatoms. The lowest BCUT2D eigenvalue weighted by atomic mass is 9.73. The van der Waals surface area contributed by atoms with E-state index in [0.717, 1.165) is 41.6 Å². The Hall–Kier alpha value is -3.75. The minimum absolute atomic E-state index is 0.270. The van der Waals surface area contributed by atoms with Gasteiger partial charge in [0.1, 0.15) is 23.2 Å². The number of carbonyl (C=O) groups excluding carboxylic acids is 3. The summed E-state index contributed by atoms with van der Waals surface area (Å²) in [5.41, 5.74) is 1.05. The van der Waals surface area contributed by atoms with E-state index in [4.69, 9.17) is 9.47 Å². The predicted octanol–water partition coefficient (Wildman–Crippen LogP) is 4.45. The number of cyclic esters (lactones) is 1. The number of esters is 1. The van der Waals surface area contributed by atoms with Gasteiger partial charge >= 0.3 is 5.97 Å². The lowest BCUT2D eigenvalue weighted by Gasteiger charge is -2.41. The Labute approximate surface area is 259 Å². The number of aryl methyl sites for hydroxylation is 2. The second-order valence-corrected chi connectivity index (χ2v) is 12.6. The summed E-state index contributed by atoms with van der Waals surface area (Å²) in [6.45, 7) is 6.09.